The highest BCUT2D eigenvalue weighted by atomic mass is 35.5. The van der Waals surface area contributed by atoms with E-state index in [2.05, 4.69) is 15.6 Å². The SMILES string of the molecule is COCCNC(=O)c1cncc(Nc2cccc(Cl)c2C)c1. The summed E-state index contributed by atoms with van der Waals surface area (Å²) >= 11 is 6.10. The summed E-state index contributed by atoms with van der Waals surface area (Å²) in [6.07, 6.45) is 3.18. The van der Waals surface area contributed by atoms with Gasteiger partial charge in [-0.2, -0.15) is 0 Å². The monoisotopic (exact) mass is 319 g/mol. The molecule has 0 spiro atoms. The molecule has 0 radical (unpaired) electrons. The van der Waals surface area contributed by atoms with Gasteiger partial charge < -0.3 is 15.4 Å². The third-order valence-corrected chi connectivity index (χ3v) is 3.55. The average molecular weight is 320 g/mol. The van der Waals surface area contributed by atoms with Crippen LogP contribution < -0.4 is 10.6 Å². The van der Waals surface area contributed by atoms with E-state index < -0.39 is 0 Å². The van der Waals surface area contributed by atoms with Crippen LogP contribution in [-0.4, -0.2) is 31.2 Å². The van der Waals surface area contributed by atoms with E-state index in [9.17, 15) is 4.79 Å². The number of pyridine rings is 1. The van der Waals surface area contributed by atoms with Crippen LogP contribution >= 0.6 is 11.6 Å². The molecule has 1 amide bonds. The topological polar surface area (TPSA) is 63.2 Å². The van der Waals surface area contributed by atoms with Crippen molar-refractivity contribution < 1.29 is 9.53 Å². The van der Waals surface area contributed by atoms with Gasteiger partial charge in [-0.05, 0) is 30.7 Å². The zero-order valence-electron chi connectivity index (χ0n) is 12.5. The first kappa shape index (κ1) is 16.3. The van der Waals surface area contributed by atoms with Crippen LogP contribution in [0.5, 0.6) is 0 Å². The number of anilines is 2. The number of amides is 1. The van der Waals surface area contributed by atoms with E-state index in [1.165, 1.54) is 6.20 Å². The average Bonchev–Trinajstić information content (AvgIpc) is 2.52. The molecule has 0 atom stereocenters. The Balaban J connectivity index is 2.11. The number of benzene rings is 1. The molecule has 5 nitrogen and oxygen atoms in total. The first-order valence-corrected chi connectivity index (χ1v) is 7.24. The Labute approximate surface area is 134 Å². The Morgan fingerprint density at radius 2 is 2.18 bits per heavy atom. The molecule has 1 aromatic heterocycles. The van der Waals surface area contributed by atoms with Crippen molar-refractivity contribution in [2.75, 3.05) is 25.6 Å². The molecule has 0 aliphatic heterocycles. The summed E-state index contributed by atoms with van der Waals surface area (Å²) in [5.41, 5.74) is 3.04. The molecule has 0 aliphatic carbocycles. The van der Waals surface area contributed by atoms with Gasteiger partial charge in [0.2, 0.25) is 0 Å². The highest BCUT2D eigenvalue weighted by Gasteiger charge is 2.08. The van der Waals surface area contributed by atoms with Crippen LogP contribution in [0.2, 0.25) is 5.02 Å². The van der Waals surface area contributed by atoms with E-state index in [0.717, 1.165) is 16.9 Å². The molecule has 2 aromatic rings. The fraction of sp³-hybridized carbons (Fsp3) is 0.250. The van der Waals surface area contributed by atoms with Crippen molar-refractivity contribution in [3.63, 3.8) is 0 Å². The molecule has 22 heavy (non-hydrogen) atoms. The lowest BCUT2D eigenvalue weighted by Crippen LogP contribution is -2.27. The number of carbonyl (C=O) groups excluding carboxylic acids is 1. The summed E-state index contributed by atoms with van der Waals surface area (Å²) in [6.45, 7) is 2.86. The van der Waals surface area contributed by atoms with Gasteiger partial charge in [0.15, 0.2) is 0 Å². The van der Waals surface area contributed by atoms with Crippen molar-refractivity contribution >= 4 is 28.9 Å². The van der Waals surface area contributed by atoms with Gasteiger partial charge in [-0.25, -0.2) is 0 Å². The largest absolute Gasteiger partial charge is 0.383 e. The van der Waals surface area contributed by atoms with Crippen molar-refractivity contribution in [3.8, 4) is 0 Å². The van der Waals surface area contributed by atoms with Crippen LogP contribution in [0.3, 0.4) is 0 Å². The van der Waals surface area contributed by atoms with Crippen LogP contribution in [-0.2, 0) is 4.74 Å². The molecule has 0 bridgehead atoms. The van der Waals surface area contributed by atoms with E-state index in [1.54, 1.807) is 19.4 Å². The maximum Gasteiger partial charge on any atom is 0.253 e. The quantitative estimate of drug-likeness (QED) is 0.803. The first-order chi connectivity index (χ1) is 10.6. The molecule has 0 saturated carbocycles. The fourth-order valence-corrected chi connectivity index (χ4v) is 2.07. The number of rotatable bonds is 6. The summed E-state index contributed by atoms with van der Waals surface area (Å²) in [5.74, 6) is -0.184. The van der Waals surface area contributed by atoms with Crippen LogP contribution in [0.15, 0.2) is 36.7 Å². The molecule has 6 heteroatoms. The molecule has 0 fully saturated rings. The van der Waals surface area contributed by atoms with Crippen molar-refractivity contribution in [2.24, 2.45) is 0 Å². The van der Waals surface area contributed by atoms with Gasteiger partial charge in [0.1, 0.15) is 0 Å². The standard InChI is InChI=1S/C16H18ClN3O2/c1-11-14(17)4-3-5-15(11)20-13-8-12(9-18-10-13)16(21)19-6-7-22-2/h3-5,8-10,20H,6-7H2,1-2H3,(H,19,21). The molecule has 1 aromatic carbocycles. The lowest BCUT2D eigenvalue weighted by atomic mass is 10.2. The summed E-state index contributed by atoms with van der Waals surface area (Å²) < 4.78 is 4.90. The summed E-state index contributed by atoms with van der Waals surface area (Å²) in [6, 6.07) is 7.37. The second-order valence-corrected chi connectivity index (χ2v) is 5.16. The zero-order chi connectivity index (χ0) is 15.9. The number of nitrogens with one attached hydrogen (secondary N) is 2. The lowest BCUT2D eigenvalue weighted by molar-refractivity contribution is 0.0937. The summed E-state index contributed by atoms with van der Waals surface area (Å²) in [5, 5.41) is 6.67. The van der Waals surface area contributed by atoms with E-state index in [-0.39, 0.29) is 5.91 Å². The summed E-state index contributed by atoms with van der Waals surface area (Å²) in [4.78, 5) is 16.1. The number of nitrogens with zero attached hydrogens (tertiary/aromatic N) is 1. The number of carbonyl (C=O) groups is 1. The van der Waals surface area contributed by atoms with Crippen LogP contribution in [0.4, 0.5) is 11.4 Å². The highest BCUT2D eigenvalue weighted by Crippen LogP contribution is 2.26. The Kier molecular flexibility index (Phi) is 5.75. The predicted molar refractivity (Wildman–Crippen MR) is 87.9 cm³/mol. The van der Waals surface area contributed by atoms with E-state index in [1.807, 2.05) is 25.1 Å². The summed E-state index contributed by atoms with van der Waals surface area (Å²) in [7, 11) is 1.59. The van der Waals surface area contributed by atoms with Gasteiger partial charge in [0.05, 0.1) is 24.1 Å². The molecular formula is C16H18ClN3O2. The van der Waals surface area contributed by atoms with Crippen molar-refractivity contribution in [2.45, 2.75) is 6.92 Å². The van der Waals surface area contributed by atoms with Crippen molar-refractivity contribution in [1.29, 1.82) is 0 Å². The number of hydrogen-bond acceptors (Lipinski definition) is 4. The smallest absolute Gasteiger partial charge is 0.253 e. The van der Waals surface area contributed by atoms with Gasteiger partial charge in [0, 0.05) is 30.6 Å². The second kappa shape index (κ2) is 7.77. The van der Waals surface area contributed by atoms with Crippen LogP contribution in [0, 0.1) is 6.92 Å². The van der Waals surface area contributed by atoms with E-state index in [0.29, 0.717) is 23.7 Å². The fourth-order valence-electron chi connectivity index (χ4n) is 1.90. The third-order valence-electron chi connectivity index (χ3n) is 3.14. The predicted octanol–water partition coefficient (Wildman–Crippen LogP) is 3.16. The number of halogens is 1. The highest BCUT2D eigenvalue weighted by molar-refractivity contribution is 6.31. The van der Waals surface area contributed by atoms with Gasteiger partial charge in [-0.1, -0.05) is 17.7 Å². The normalized spacial score (nSPS) is 10.3. The third kappa shape index (κ3) is 4.19. The molecule has 116 valence electrons. The van der Waals surface area contributed by atoms with Crippen molar-refractivity contribution in [1.82, 2.24) is 10.3 Å². The lowest BCUT2D eigenvalue weighted by Gasteiger charge is -2.11. The minimum absolute atomic E-state index is 0.184. The maximum atomic E-state index is 12.0. The van der Waals surface area contributed by atoms with Gasteiger partial charge in [-0.3, -0.25) is 9.78 Å². The molecule has 2 rings (SSSR count). The van der Waals surface area contributed by atoms with Gasteiger partial charge >= 0.3 is 0 Å². The van der Waals surface area contributed by atoms with Gasteiger partial charge in [-0.15, -0.1) is 0 Å². The Morgan fingerprint density at radius 1 is 1.36 bits per heavy atom. The molecule has 0 unspecified atom stereocenters. The second-order valence-electron chi connectivity index (χ2n) is 4.75. The Bertz CT molecular complexity index is 662. The molecule has 1 heterocycles. The zero-order valence-corrected chi connectivity index (χ0v) is 13.3. The van der Waals surface area contributed by atoms with Gasteiger partial charge in [0.25, 0.3) is 5.91 Å². The van der Waals surface area contributed by atoms with Crippen molar-refractivity contribution in [3.05, 3.63) is 52.8 Å². The van der Waals surface area contributed by atoms with E-state index in [4.69, 9.17) is 16.3 Å². The van der Waals surface area contributed by atoms with E-state index >= 15 is 0 Å². The molecular weight excluding hydrogens is 302 g/mol. The minimum Gasteiger partial charge on any atom is -0.383 e. The molecule has 2 N–H and O–H groups in total. The number of hydrogen-bond donors (Lipinski definition) is 2. The maximum absolute atomic E-state index is 12.0. The first-order valence-electron chi connectivity index (χ1n) is 6.86. The number of ether oxygens (including phenoxy) is 1. The Morgan fingerprint density at radius 3 is 2.95 bits per heavy atom. The molecule has 0 saturated heterocycles. The van der Waals surface area contributed by atoms with Crippen LogP contribution in [0.25, 0.3) is 0 Å². The van der Waals surface area contributed by atoms with Crippen LogP contribution in [0.1, 0.15) is 15.9 Å². The number of methoxy groups -OCH3 is 1. The Hall–Kier alpha value is -2.11. The number of aromatic nitrogens is 1. The minimum atomic E-state index is -0.184. The molecule has 0 aliphatic rings.